The molecule has 0 aromatic carbocycles. The zero-order chi connectivity index (χ0) is 10.7. The molecule has 0 aromatic heterocycles. The Kier molecular flexibility index (Phi) is 3.90. The maximum atomic E-state index is 11.3. The Morgan fingerprint density at radius 1 is 1.31 bits per heavy atom. The smallest absolute Gasteiger partial charge is 0.254 e. The van der Waals surface area contributed by atoms with Crippen molar-refractivity contribution in [2.45, 2.75) is 20.8 Å². The van der Waals surface area contributed by atoms with E-state index in [1.54, 1.807) is 19.0 Å². The fraction of sp³-hybridized carbons (Fsp3) is 0.875. The Morgan fingerprint density at radius 3 is 2.08 bits per heavy atom. The van der Waals surface area contributed by atoms with Crippen LogP contribution in [0.5, 0.6) is 0 Å². The number of hydrogen-bond donors (Lipinski definition) is 0. The van der Waals surface area contributed by atoms with Crippen molar-refractivity contribution in [2.75, 3.05) is 19.8 Å². The van der Waals surface area contributed by atoms with Crippen molar-refractivity contribution in [1.82, 2.24) is 4.90 Å². The Bertz CT molecular complexity index is 273. The first-order chi connectivity index (χ1) is 5.62. The van der Waals surface area contributed by atoms with Gasteiger partial charge in [-0.1, -0.05) is 20.8 Å². The van der Waals surface area contributed by atoms with Gasteiger partial charge in [0.05, 0.1) is 5.75 Å². The van der Waals surface area contributed by atoms with Gasteiger partial charge in [-0.3, -0.25) is 0 Å². The van der Waals surface area contributed by atoms with Gasteiger partial charge in [-0.15, -0.1) is 0 Å². The molecule has 0 fully saturated rings. The third kappa shape index (κ3) is 7.77. The van der Waals surface area contributed by atoms with Crippen LogP contribution in [0, 0.1) is 5.41 Å². The summed E-state index contributed by atoms with van der Waals surface area (Å²) >= 11 is 0. The molecule has 0 atom stereocenters. The van der Waals surface area contributed by atoms with Crippen molar-refractivity contribution >= 4 is 16.4 Å². The van der Waals surface area contributed by atoms with Gasteiger partial charge in [0.2, 0.25) is 0 Å². The van der Waals surface area contributed by atoms with E-state index in [-0.39, 0.29) is 11.2 Å². The predicted molar refractivity (Wildman–Crippen MR) is 55.4 cm³/mol. The lowest BCUT2D eigenvalue weighted by atomic mass is 10.0. The molecule has 0 aliphatic rings. The summed E-state index contributed by atoms with van der Waals surface area (Å²) in [4.78, 5) is 1.60. The van der Waals surface area contributed by atoms with Gasteiger partial charge in [0.15, 0.2) is 0 Å². The van der Waals surface area contributed by atoms with E-state index in [0.29, 0.717) is 0 Å². The molecule has 0 spiro atoms. The monoisotopic (exact) mass is 206 g/mol. The van der Waals surface area contributed by atoms with Crippen LogP contribution in [0.2, 0.25) is 0 Å². The molecule has 0 N–H and O–H groups in total. The zero-order valence-electron chi connectivity index (χ0n) is 8.90. The third-order valence-electron chi connectivity index (χ3n) is 1.05. The van der Waals surface area contributed by atoms with Crippen molar-refractivity contribution in [1.29, 1.82) is 0 Å². The van der Waals surface area contributed by atoms with Crippen molar-refractivity contribution in [3.05, 3.63) is 0 Å². The summed E-state index contributed by atoms with van der Waals surface area (Å²) in [5.41, 5.74) is -0.248. The van der Waals surface area contributed by atoms with E-state index in [1.807, 2.05) is 20.8 Å². The first-order valence-corrected chi connectivity index (χ1v) is 5.68. The largest absolute Gasteiger partial charge is 0.368 e. The minimum Gasteiger partial charge on any atom is -0.368 e. The maximum absolute atomic E-state index is 11.3. The summed E-state index contributed by atoms with van der Waals surface area (Å²) in [7, 11) is 0.158. The highest BCUT2D eigenvalue weighted by Gasteiger charge is 2.20. The van der Waals surface area contributed by atoms with E-state index in [4.69, 9.17) is 0 Å². The van der Waals surface area contributed by atoms with Crippen LogP contribution >= 0.6 is 0 Å². The second-order valence-corrected chi connectivity index (χ2v) is 6.13. The Morgan fingerprint density at radius 2 is 1.77 bits per heavy atom. The summed E-state index contributed by atoms with van der Waals surface area (Å²) in [5, 5.41) is 0. The van der Waals surface area contributed by atoms with Crippen molar-refractivity contribution < 1.29 is 8.42 Å². The molecule has 0 aliphatic carbocycles. The summed E-state index contributed by atoms with van der Waals surface area (Å²) in [6, 6.07) is 0. The van der Waals surface area contributed by atoms with Crippen LogP contribution < -0.4 is 0 Å². The average molecular weight is 206 g/mol. The topological polar surface area (TPSA) is 49.7 Å². The van der Waals surface area contributed by atoms with Gasteiger partial charge < -0.3 is 4.90 Å². The van der Waals surface area contributed by atoms with E-state index < -0.39 is 10.0 Å². The SMILES string of the molecule is CN(C)/C=N/S(=O)(=O)CC(C)(C)C. The molecule has 4 nitrogen and oxygen atoms in total. The predicted octanol–water partition coefficient (Wildman–Crippen LogP) is 0.952. The fourth-order valence-corrected chi connectivity index (χ4v) is 2.25. The van der Waals surface area contributed by atoms with Crippen molar-refractivity contribution in [3.8, 4) is 0 Å². The van der Waals surface area contributed by atoms with E-state index in [0.717, 1.165) is 0 Å². The molecule has 0 aliphatic heterocycles. The summed E-state index contributed by atoms with van der Waals surface area (Å²) < 4.78 is 26.2. The molecule has 0 aromatic rings. The van der Waals surface area contributed by atoms with E-state index >= 15 is 0 Å². The van der Waals surface area contributed by atoms with E-state index in [1.165, 1.54) is 6.34 Å². The normalized spacial score (nSPS) is 13.6. The molecule has 5 heteroatoms. The lowest BCUT2D eigenvalue weighted by Gasteiger charge is -2.15. The van der Waals surface area contributed by atoms with Crippen LogP contribution in [-0.2, 0) is 10.0 Å². The molecule has 0 bridgehead atoms. The Hall–Kier alpha value is -0.580. The molecular formula is C8H18N2O2S. The number of nitrogens with zero attached hydrogens (tertiary/aromatic N) is 2. The van der Waals surface area contributed by atoms with Gasteiger partial charge in [0.25, 0.3) is 10.0 Å². The first-order valence-electron chi connectivity index (χ1n) is 4.07. The average Bonchev–Trinajstić information content (AvgIpc) is 1.78. The Labute approximate surface area is 80.7 Å². The molecular weight excluding hydrogens is 188 g/mol. The lowest BCUT2D eigenvalue weighted by Crippen LogP contribution is -2.20. The van der Waals surface area contributed by atoms with Gasteiger partial charge in [-0.25, -0.2) is 8.42 Å². The highest BCUT2D eigenvalue weighted by atomic mass is 32.2. The fourth-order valence-electron chi connectivity index (χ4n) is 0.751. The van der Waals surface area contributed by atoms with E-state index in [9.17, 15) is 8.42 Å². The number of rotatable bonds is 3. The Balaban J connectivity index is 4.44. The third-order valence-corrected chi connectivity index (χ3v) is 2.70. The molecule has 0 saturated heterocycles. The van der Waals surface area contributed by atoms with Gasteiger partial charge >= 0.3 is 0 Å². The highest BCUT2D eigenvalue weighted by molar-refractivity contribution is 7.90. The van der Waals surface area contributed by atoms with Crippen LogP contribution in [0.15, 0.2) is 4.40 Å². The van der Waals surface area contributed by atoms with Gasteiger partial charge in [-0.2, -0.15) is 4.40 Å². The number of hydrogen-bond acceptors (Lipinski definition) is 2. The van der Waals surface area contributed by atoms with Crippen LogP contribution in [0.1, 0.15) is 20.8 Å². The minimum atomic E-state index is -3.31. The molecule has 0 unspecified atom stereocenters. The van der Waals surface area contributed by atoms with Gasteiger partial charge in [0.1, 0.15) is 6.34 Å². The van der Waals surface area contributed by atoms with Crippen LogP contribution in [0.3, 0.4) is 0 Å². The molecule has 0 saturated carbocycles. The second kappa shape index (κ2) is 4.09. The van der Waals surface area contributed by atoms with E-state index in [2.05, 4.69) is 4.40 Å². The molecule has 0 radical (unpaired) electrons. The second-order valence-electron chi connectivity index (χ2n) is 4.47. The minimum absolute atomic E-state index is 0.0737. The van der Waals surface area contributed by atoms with Gasteiger partial charge in [-0.05, 0) is 5.41 Å². The van der Waals surface area contributed by atoms with Crippen LogP contribution in [0.4, 0.5) is 0 Å². The summed E-state index contributed by atoms with van der Waals surface area (Å²) in [6.07, 6.45) is 1.31. The first kappa shape index (κ1) is 12.4. The van der Waals surface area contributed by atoms with Crippen molar-refractivity contribution in [3.63, 3.8) is 0 Å². The van der Waals surface area contributed by atoms with Crippen LogP contribution in [0.25, 0.3) is 0 Å². The lowest BCUT2D eigenvalue weighted by molar-refractivity contribution is 0.462. The zero-order valence-corrected chi connectivity index (χ0v) is 9.72. The molecule has 0 heterocycles. The summed E-state index contributed by atoms with van der Waals surface area (Å²) in [6.45, 7) is 5.61. The molecule has 13 heavy (non-hydrogen) atoms. The maximum Gasteiger partial charge on any atom is 0.254 e. The standard InChI is InChI=1S/C8H18N2O2S/c1-8(2,3)6-13(11,12)9-7-10(4)5/h7H,6H2,1-5H3/b9-7+. The quantitative estimate of drug-likeness (QED) is 0.510. The molecule has 0 rings (SSSR count). The summed E-state index contributed by atoms with van der Waals surface area (Å²) in [5.74, 6) is 0.0737. The van der Waals surface area contributed by atoms with Crippen LogP contribution in [-0.4, -0.2) is 39.5 Å². The highest BCUT2D eigenvalue weighted by Crippen LogP contribution is 2.16. The van der Waals surface area contributed by atoms with Gasteiger partial charge in [0, 0.05) is 14.1 Å². The van der Waals surface area contributed by atoms with Crippen molar-refractivity contribution in [2.24, 2.45) is 9.81 Å². The molecule has 78 valence electrons. The molecule has 0 amide bonds. The number of sulfonamides is 1.